The summed E-state index contributed by atoms with van der Waals surface area (Å²) in [7, 11) is 1.43. The number of morpholine rings is 1. The summed E-state index contributed by atoms with van der Waals surface area (Å²) in [6.45, 7) is 6.05. The molecule has 2 atom stereocenters. The molecule has 9 nitrogen and oxygen atoms in total. The summed E-state index contributed by atoms with van der Waals surface area (Å²) in [5.74, 6) is -0.798. The molecule has 38 heavy (non-hydrogen) atoms. The standard InChI is InChI=1S/C28H31BrN2O7/c1-16-12-18-13-17(4-5-21(18)38-16)25(32)23-24(19-14-20(29)26(33)22(15-19)36-2)31(28(35)27(23)34)7-3-6-30-8-10-37-11-9-30/h4-5,13-16,24,32-33H,3,6-12H2,1-2H3/b25-23-. The summed E-state index contributed by atoms with van der Waals surface area (Å²) >= 11 is 3.35. The summed E-state index contributed by atoms with van der Waals surface area (Å²) in [5, 5.41) is 21.8. The van der Waals surface area contributed by atoms with Crippen LogP contribution in [0.15, 0.2) is 40.4 Å². The van der Waals surface area contributed by atoms with Crippen molar-refractivity contribution in [2.24, 2.45) is 0 Å². The Balaban J connectivity index is 1.54. The van der Waals surface area contributed by atoms with E-state index < -0.39 is 17.7 Å². The molecule has 0 radical (unpaired) electrons. The van der Waals surface area contributed by atoms with Crippen LogP contribution in [0.25, 0.3) is 5.76 Å². The number of aliphatic hydroxyl groups is 1. The van der Waals surface area contributed by atoms with Gasteiger partial charge in [0, 0.05) is 38.2 Å². The molecule has 3 aliphatic heterocycles. The predicted octanol–water partition coefficient (Wildman–Crippen LogP) is 3.63. The Morgan fingerprint density at radius 3 is 2.66 bits per heavy atom. The maximum atomic E-state index is 13.4. The lowest BCUT2D eigenvalue weighted by Crippen LogP contribution is -2.39. The molecular formula is C28H31BrN2O7. The van der Waals surface area contributed by atoms with E-state index in [9.17, 15) is 19.8 Å². The molecule has 0 saturated carbocycles. The van der Waals surface area contributed by atoms with Crippen LogP contribution in [-0.2, 0) is 20.7 Å². The molecule has 202 valence electrons. The van der Waals surface area contributed by atoms with Crippen LogP contribution in [0.4, 0.5) is 0 Å². The highest BCUT2D eigenvalue weighted by Crippen LogP contribution is 2.45. The Morgan fingerprint density at radius 1 is 1.16 bits per heavy atom. The van der Waals surface area contributed by atoms with Gasteiger partial charge in [0.15, 0.2) is 11.5 Å². The fourth-order valence-electron chi connectivity index (χ4n) is 5.38. The molecule has 2 aromatic carbocycles. The topological polar surface area (TPSA) is 109 Å². The zero-order chi connectivity index (χ0) is 27.0. The van der Waals surface area contributed by atoms with Gasteiger partial charge in [-0.05, 0) is 70.7 Å². The number of carbonyl (C=O) groups excluding carboxylic acids is 2. The second-order valence-electron chi connectivity index (χ2n) is 9.81. The number of amides is 1. The zero-order valence-electron chi connectivity index (χ0n) is 21.4. The minimum Gasteiger partial charge on any atom is -0.507 e. The van der Waals surface area contributed by atoms with Crippen LogP contribution >= 0.6 is 15.9 Å². The largest absolute Gasteiger partial charge is 0.507 e. The number of nitrogens with zero attached hydrogens (tertiary/aromatic N) is 2. The number of Topliss-reactive ketones (excluding diaryl/α,β-unsaturated/α-hetero) is 1. The first kappa shape index (κ1) is 26.5. The van der Waals surface area contributed by atoms with Gasteiger partial charge in [-0.15, -0.1) is 0 Å². The molecule has 3 aliphatic rings. The number of phenolic OH excluding ortho intramolecular Hbond substituents is 1. The number of hydrogen-bond acceptors (Lipinski definition) is 8. The SMILES string of the molecule is COc1cc(C2/C(=C(/O)c3ccc4c(c3)CC(C)O4)C(=O)C(=O)N2CCCN2CCOCC2)cc(Br)c1O. The van der Waals surface area contributed by atoms with E-state index in [1.807, 2.05) is 13.0 Å². The van der Waals surface area contributed by atoms with E-state index in [4.69, 9.17) is 14.2 Å². The van der Waals surface area contributed by atoms with Gasteiger partial charge in [-0.2, -0.15) is 0 Å². The Labute approximate surface area is 229 Å². The average molecular weight is 587 g/mol. The molecule has 0 spiro atoms. The van der Waals surface area contributed by atoms with Crippen molar-refractivity contribution >= 4 is 33.4 Å². The summed E-state index contributed by atoms with van der Waals surface area (Å²) in [6, 6.07) is 7.68. The van der Waals surface area contributed by atoms with Crippen molar-refractivity contribution < 1.29 is 34.0 Å². The van der Waals surface area contributed by atoms with Gasteiger partial charge in [0.25, 0.3) is 11.7 Å². The maximum absolute atomic E-state index is 13.4. The molecule has 1 amide bonds. The lowest BCUT2D eigenvalue weighted by molar-refractivity contribution is -0.140. The van der Waals surface area contributed by atoms with Crippen LogP contribution < -0.4 is 9.47 Å². The maximum Gasteiger partial charge on any atom is 0.295 e. The number of rotatable bonds is 7. The number of methoxy groups -OCH3 is 1. The van der Waals surface area contributed by atoms with Crippen molar-refractivity contribution in [3.63, 3.8) is 0 Å². The van der Waals surface area contributed by atoms with E-state index >= 15 is 0 Å². The quantitative estimate of drug-likeness (QED) is 0.287. The lowest BCUT2D eigenvalue weighted by Gasteiger charge is -2.29. The van der Waals surface area contributed by atoms with Gasteiger partial charge in [0.1, 0.15) is 17.6 Å². The Bertz CT molecular complexity index is 1290. The van der Waals surface area contributed by atoms with Gasteiger partial charge in [-0.1, -0.05) is 0 Å². The van der Waals surface area contributed by atoms with Crippen LogP contribution in [0.3, 0.4) is 0 Å². The van der Waals surface area contributed by atoms with E-state index in [0.717, 1.165) is 30.9 Å². The van der Waals surface area contributed by atoms with Crippen LogP contribution in [0.1, 0.15) is 36.1 Å². The van der Waals surface area contributed by atoms with E-state index in [0.29, 0.717) is 48.2 Å². The van der Waals surface area contributed by atoms with Gasteiger partial charge in [-0.25, -0.2) is 0 Å². The molecule has 5 rings (SSSR count). The van der Waals surface area contributed by atoms with E-state index in [-0.39, 0.29) is 28.9 Å². The monoisotopic (exact) mass is 586 g/mol. The Morgan fingerprint density at radius 2 is 1.92 bits per heavy atom. The first-order chi connectivity index (χ1) is 18.3. The number of carbonyl (C=O) groups is 2. The van der Waals surface area contributed by atoms with Crippen molar-refractivity contribution in [3.8, 4) is 17.2 Å². The fraction of sp³-hybridized carbons (Fsp3) is 0.429. The van der Waals surface area contributed by atoms with Gasteiger partial charge in [-0.3, -0.25) is 14.5 Å². The molecule has 2 aromatic rings. The van der Waals surface area contributed by atoms with Gasteiger partial charge in [0.2, 0.25) is 0 Å². The second-order valence-corrected chi connectivity index (χ2v) is 10.7. The molecule has 2 unspecified atom stereocenters. The summed E-state index contributed by atoms with van der Waals surface area (Å²) in [6.07, 6.45) is 1.37. The predicted molar refractivity (Wildman–Crippen MR) is 143 cm³/mol. The number of ketones is 1. The highest BCUT2D eigenvalue weighted by molar-refractivity contribution is 9.10. The third-order valence-corrected chi connectivity index (χ3v) is 7.88. The molecule has 2 fully saturated rings. The number of phenols is 1. The van der Waals surface area contributed by atoms with Gasteiger partial charge in [0.05, 0.1) is 36.4 Å². The summed E-state index contributed by atoms with van der Waals surface area (Å²) < 4.78 is 16.9. The second kappa shape index (κ2) is 11.0. The minimum atomic E-state index is -0.853. The zero-order valence-corrected chi connectivity index (χ0v) is 23.0. The van der Waals surface area contributed by atoms with Crippen LogP contribution in [0, 0.1) is 0 Å². The third kappa shape index (κ3) is 5.00. The molecule has 3 heterocycles. The fourth-order valence-corrected chi connectivity index (χ4v) is 5.84. The normalized spacial score (nSPS) is 23.0. The number of ether oxygens (including phenoxy) is 3. The van der Waals surface area contributed by atoms with E-state index in [1.54, 1.807) is 24.3 Å². The number of benzene rings is 2. The molecular weight excluding hydrogens is 556 g/mol. The summed E-state index contributed by atoms with van der Waals surface area (Å²) in [4.78, 5) is 30.5. The minimum absolute atomic E-state index is 0.00734. The molecule has 10 heteroatoms. The third-order valence-electron chi connectivity index (χ3n) is 7.27. The van der Waals surface area contributed by atoms with Crippen molar-refractivity contribution in [2.45, 2.75) is 31.9 Å². The Hall–Kier alpha value is -3.08. The van der Waals surface area contributed by atoms with Crippen LogP contribution in [-0.4, -0.2) is 84.3 Å². The van der Waals surface area contributed by atoms with E-state index in [2.05, 4.69) is 20.8 Å². The summed E-state index contributed by atoms with van der Waals surface area (Å²) in [5.41, 5.74) is 1.93. The van der Waals surface area contributed by atoms with Gasteiger partial charge < -0.3 is 29.3 Å². The number of fused-ring (bicyclic) bond motifs is 1. The van der Waals surface area contributed by atoms with Crippen molar-refractivity contribution in [1.29, 1.82) is 0 Å². The number of hydrogen-bond donors (Lipinski definition) is 2. The molecule has 0 bridgehead atoms. The van der Waals surface area contributed by atoms with Crippen molar-refractivity contribution in [2.75, 3.05) is 46.5 Å². The lowest BCUT2D eigenvalue weighted by atomic mass is 9.94. The number of halogens is 1. The van der Waals surface area contributed by atoms with Crippen LogP contribution in [0.2, 0.25) is 0 Å². The molecule has 2 saturated heterocycles. The average Bonchev–Trinajstić information content (AvgIpc) is 3.41. The Kier molecular flexibility index (Phi) is 7.65. The highest BCUT2D eigenvalue weighted by Gasteiger charge is 2.46. The smallest absolute Gasteiger partial charge is 0.295 e. The first-order valence-corrected chi connectivity index (χ1v) is 13.5. The van der Waals surface area contributed by atoms with Crippen molar-refractivity contribution in [3.05, 3.63) is 57.1 Å². The van der Waals surface area contributed by atoms with Gasteiger partial charge >= 0.3 is 0 Å². The van der Waals surface area contributed by atoms with Crippen LogP contribution in [0.5, 0.6) is 17.2 Å². The number of aliphatic hydroxyl groups excluding tert-OH is 1. The molecule has 2 N–H and O–H groups in total. The van der Waals surface area contributed by atoms with E-state index in [1.165, 1.54) is 12.0 Å². The first-order valence-electron chi connectivity index (χ1n) is 12.7. The molecule has 0 aromatic heterocycles. The number of aromatic hydroxyl groups is 1. The highest BCUT2D eigenvalue weighted by atomic mass is 79.9. The molecule has 0 aliphatic carbocycles. The number of likely N-dealkylation sites (tertiary alicyclic amines) is 1. The van der Waals surface area contributed by atoms with Crippen molar-refractivity contribution in [1.82, 2.24) is 9.80 Å².